The quantitative estimate of drug-likeness (QED) is 0.351. The van der Waals surface area contributed by atoms with Crippen LogP contribution < -0.4 is 15.8 Å². The standard InChI is InChI=1S/C31H36N8O2/c1-4-14-38-29(40)25-15-32-30(33-23-8-10-24(11-9-23)37-18-21-16-36(3)17-22(21)19-37)35-28(25)39(38)26-12-7-20-6-5-13-31(2,41)27(20)34-26/h4,7-12,15,21-22,41H,1,5-6,13-14,16-19H2,2-3H3,(H,32,33,35)/t21-,22+,31?. The summed E-state index contributed by atoms with van der Waals surface area (Å²) < 4.78 is 3.27. The largest absolute Gasteiger partial charge is 0.384 e. The lowest BCUT2D eigenvalue weighted by atomic mass is 9.84. The number of pyridine rings is 1. The van der Waals surface area contributed by atoms with Gasteiger partial charge in [-0.25, -0.2) is 19.3 Å². The maximum absolute atomic E-state index is 13.4. The molecule has 1 aromatic carbocycles. The molecule has 0 amide bonds. The minimum atomic E-state index is -1.02. The lowest BCUT2D eigenvalue weighted by molar-refractivity contribution is 0.0339. The van der Waals surface area contributed by atoms with Gasteiger partial charge in [-0.3, -0.25) is 4.79 Å². The van der Waals surface area contributed by atoms with Gasteiger partial charge in [0.25, 0.3) is 5.56 Å². The molecule has 2 saturated heterocycles. The summed E-state index contributed by atoms with van der Waals surface area (Å²) in [4.78, 5) is 32.4. The smallest absolute Gasteiger partial charge is 0.278 e. The van der Waals surface area contributed by atoms with Crippen LogP contribution in [0.25, 0.3) is 16.9 Å². The van der Waals surface area contributed by atoms with Crippen molar-refractivity contribution in [1.82, 2.24) is 29.2 Å². The van der Waals surface area contributed by atoms with Crippen molar-refractivity contribution >= 4 is 28.4 Å². The molecule has 0 bridgehead atoms. The molecule has 3 aromatic heterocycles. The molecule has 10 nitrogen and oxygen atoms in total. The Morgan fingerprint density at radius 3 is 2.59 bits per heavy atom. The van der Waals surface area contributed by atoms with Crippen molar-refractivity contribution in [3.8, 4) is 5.82 Å². The minimum Gasteiger partial charge on any atom is -0.384 e. The number of rotatable bonds is 6. The first kappa shape index (κ1) is 25.9. The highest BCUT2D eigenvalue weighted by Crippen LogP contribution is 2.35. The van der Waals surface area contributed by atoms with Gasteiger partial charge in [0.1, 0.15) is 11.0 Å². The average Bonchev–Trinajstić information content (AvgIpc) is 3.59. The summed E-state index contributed by atoms with van der Waals surface area (Å²) in [5, 5.41) is 14.7. The molecule has 2 aliphatic heterocycles. The van der Waals surface area contributed by atoms with Gasteiger partial charge >= 0.3 is 0 Å². The third-order valence-corrected chi connectivity index (χ3v) is 8.94. The lowest BCUT2D eigenvalue weighted by Crippen LogP contribution is -2.29. The van der Waals surface area contributed by atoms with Gasteiger partial charge in [0.2, 0.25) is 5.95 Å². The van der Waals surface area contributed by atoms with Crippen LogP contribution in [0.4, 0.5) is 17.3 Å². The highest BCUT2D eigenvalue weighted by Gasteiger charge is 2.38. The first-order chi connectivity index (χ1) is 19.8. The number of anilines is 3. The Hall–Kier alpha value is -4.02. The van der Waals surface area contributed by atoms with Gasteiger partial charge in [0, 0.05) is 43.8 Å². The summed E-state index contributed by atoms with van der Waals surface area (Å²) in [5.41, 5.74) is 2.99. The minimum absolute atomic E-state index is 0.219. The first-order valence-corrected chi connectivity index (χ1v) is 14.4. The van der Waals surface area contributed by atoms with E-state index < -0.39 is 5.60 Å². The number of aliphatic hydroxyl groups is 1. The maximum Gasteiger partial charge on any atom is 0.278 e. The lowest BCUT2D eigenvalue weighted by Gasteiger charge is -2.30. The van der Waals surface area contributed by atoms with Crippen LogP contribution in [0, 0.1) is 11.8 Å². The highest BCUT2D eigenvalue weighted by atomic mass is 16.3. The van der Waals surface area contributed by atoms with Gasteiger partial charge in [-0.2, -0.15) is 4.98 Å². The molecule has 0 spiro atoms. The molecule has 2 fully saturated rings. The average molecular weight is 553 g/mol. The van der Waals surface area contributed by atoms with Gasteiger partial charge in [0.15, 0.2) is 11.5 Å². The molecular formula is C31H36N8O2. The number of benzene rings is 1. The molecule has 41 heavy (non-hydrogen) atoms. The van der Waals surface area contributed by atoms with E-state index in [0.29, 0.717) is 34.9 Å². The molecule has 1 unspecified atom stereocenters. The van der Waals surface area contributed by atoms with Crippen molar-refractivity contribution in [2.24, 2.45) is 11.8 Å². The summed E-state index contributed by atoms with van der Waals surface area (Å²) in [6, 6.07) is 12.3. The van der Waals surface area contributed by atoms with Crippen LogP contribution in [0.3, 0.4) is 0 Å². The normalized spacial score (nSPS) is 24.0. The SMILES string of the molecule is C=CCn1c(=O)c2cnc(Nc3ccc(N4C[C@H]5CN(C)C[C@H]5C4)cc3)nc2n1-c1ccc2c(n1)C(C)(O)CCC2. The zero-order valence-electron chi connectivity index (χ0n) is 23.6. The fourth-order valence-corrected chi connectivity index (χ4v) is 6.94. The molecule has 5 heterocycles. The van der Waals surface area contributed by atoms with Crippen molar-refractivity contribution in [3.63, 3.8) is 0 Å². The van der Waals surface area contributed by atoms with Crippen LogP contribution >= 0.6 is 0 Å². The second-order valence-corrected chi connectivity index (χ2v) is 12.0. The van der Waals surface area contributed by atoms with Crippen molar-refractivity contribution in [2.75, 3.05) is 43.4 Å². The van der Waals surface area contributed by atoms with Gasteiger partial charge in [-0.05, 0) is 81.0 Å². The molecule has 2 N–H and O–H groups in total. The van der Waals surface area contributed by atoms with Gasteiger partial charge in [-0.15, -0.1) is 6.58 Å². The Kier molecular flexibility index (Phi) is 6.20. The van der Waals surface area contributed by atoms with E-state index in [1.54, 1.807) is 28.6 Å². The monoisotopic (exact) mass is 552 g/mol. The molecule has 4 aromatic rings. The van der Waals surface area contributed by atoms with E-state index in [-0.39, 0.29) is 12.1 Å². The van der Waals surface area contributed by atoms with Crippen LogP contribution in [-0.2, 0) is 18.6 Å². The van der Waals surface area contributed by atoms with Crippen LogP contribution in [0.15, 0.2) is 60.0 Å². The third-order valence-electron chi connectivity index (χ3n) is 8.94. The number of hydrogen-bond acceptors (Lipinski definition) is 8. The van der Waals surface area contributed by atoms with E-state index in [4.69, 9.17) is 9.97 Å². The van der Waals surface area contributed by atoms with E-state index in [2.05, 4.69) is 45.9 Å². The summed E-state index contributed by atoms with van der Waals surface area (Å²) in [5.74, 6) is 2.41. The predicted octanol–water partition coefficient (Wildman–Crippen LogP) is 3.45. The van der Waals surface area contributed by atoms with E-state index in [0.717, 1.165) is 49.0 Å². The summed E-state index contributed by atoms with van der Waals surface area (Å²) in [6.07, 6.45) is 5.66. The number of likely N-dealkylation sites (tertiary alicyclic amines) is 1. The third kappa shape index (κ3) is 4.51. The second-order valence-electron chi connectivity index (χ2n) is 12.0. The Morgan fingerprint density at radius 2 is 1.85 bits per heavy atom. The van der Waals surface area contributed by atoms with Crippen molar-refractivity contribution in [3.05, 3.63) is 76.9 Å². The zero-order chi connectivity index (χ0) is 28.3. The fourth-order valence-electron chi connectivity index (χ4n) is 6.94. The Bertz CT molecular complexity index is 1680. The van der Waals surface area contributed by atoms with Crippen molar-refractivity contribution < 1.29 is 5.11 Å². The molecule has 0 saturated carbocycles. The van der Waals surface area contributed by atoms with E-state index in [1.165, 1.54) is 18.8 Å². The van der Waals surface area contributed by atoms with Crippen LogP contribution in [0.1, 0.15) is 31.0 Å². The van der Waals surface area contributed by atoms with E-state index in [1.807, 2.05) is 24.3 Å². The maximum atomic E-state index is 13.4. The van der Waals surface area contributed by atoms with Crippen molar-refractivity contribution in [1.29, 1.82) is 0 Å². The molecule has 0 radical (unpaired) electrons. The molecule has 1 aliphatic carbocycles. The Balaban J connectivity index is 1.20. The number of allylic oxidation sites excluding steroid dienone is 1. The van der Waals surface area contributed by atoms with E-state index in [9.17, 15) is 9.90 Å². The summed E-state index contributed by atoms with van der Waals surface area (Å²) >= 11 is 0. The van der Waals surface area contributed by atoms with Gasteiger partial charge in [-0.1, -0.05) is 12.1 Å². The van der Waals surface area contributed by atoms with Crippen molar-refractivity contribution in [2.45, 2.75) is 38.3 Å². The molecule has 3 aliphatic rings. The van der Waals surface area contributed by atoms with Gasteiger partial charge < -0.3 is 20.2 Å². The fraction of sp³-hybridized carbons (Fsp3) is 0.419. The number of nitrogens with zero attached hydrogens (tertiary/aromatic N) is 7. The predicted molar refractivity (Wildman–Crippen MR) is 160 cm³/mol. The second kappa shape index (κ2) is 9.81. The molecule has 7 rings (SSSR count). The first-order valence-electron chi connectivity index (χ1n) is 14.4. The summed E-state index contributed by atoms with van der Waals surface area (Å²) in [7, 11) is 2.21. The van der Waals surface area contributed by atoms with Crippen LogP contribution in [0.2, 0.25) is 0 Å². The number of hydrogen-bond donors (Lipinski definition) is 2. The highest BCUT2D eigenvalue weighted by molar-refractivity contribution is 5.77. The number of nitrogens with one attached hydrogen (secondary N) is 1. The van der Waals surface area contributed by atoms with E-state index >= 15 is 0 Å². The molecule has 3 atom stereocenters. The molecular weight excluding hydrogens is 516 g/mol. The number of aryl methyl sites for hydroxylation is 1. The van der Waals surface area contributed by atoms with Crippen LogP contribution in [-0.4, -0.2) is 67.5 Å². The van der Waals surface area contributed by atoms with Gasteiger partial charge in [0.05, 0.1) is 12.2 Å². The number of fused-ring (bicyclic) bond motifs is 3. The summed E-state index contributed by atoms with van der Waals surface area (Å²) in [6.45, 7) is 10.5. The Morgan fingerprint density at radius 1 is 1.10 bits per heavy atom. The molecule has 10 heteroatoms. The number of aromatic nitrogens is 5. The van der Waals surface area contributed by atoms with Crippen LogP contribution in [0.5, 0.6) is 0 Å². The topological polar surface area (TPSA) is 104 Å². The zero-order valence-corrected chi connectivity index (χ0v) is 23.6. The Labute approximate surface area is 238 Å². The molecule has 212 valence electrons.